The molecule has 0 fully saturated rings. The van der Waals surface area contributed by atoms with E-state index in [1.807, 2.05) is 36.4 Å². The molecule has 2 aromatic heterocycles. The maximum absolute atomic E-state index is 11.6. The van der Waals surface area contributed by atoms with Gasteiger partial charge in [0, 0.05) is 22.3 Å². The zero-order valence-corrected chi connectivity index (χ0v) is 14.8. The van der Waals surface area contributed by atoms with Gasteiger partial charge in [-0.05, 0) is 35.4 Å². The summed E-state index contributed by atoms with van der Waals surface area (Å²) in [6.07, 6.45) is 0.544. The molecule has 4 nitrogen and oxygen atoms in total. The van der Waals surface area contributed by atoms with Crippen LogP contribution in [0, 0.1) is 0 Å². The van der Waals surface area contributed by atoms with Crippen molar-refractivity contribution in [2.45, 2.75) is 6.42 Å². The van der Waals surface area contributed by atoms with Crippen molar-refractivity contribution in [2.24, 2.45) is 0 Å². The molecule has 0 aliphatic rings. The van der Waals surface area contributed by atoms with Crippen molar-refractivity contribution >= 4 is 28.5 Å². The van der Waals surface area contributed by atoms with Gasteiger partial charge in [0.25, 0.3) is 0 Å². The van der Waals surface area contributed by atoms with Crippen LogP contribution in [0.4, 0.5) is 0 Å². The van der Waals surface area contributed by atoms with Crippen LogP contribution in [-0.2, 0) is 11.2 Å². The number of hydrogen-bond acceptors (Lipinski definition) is 3. The summed E-state index contributed by atoms with van der Waals surface area (Å²) in [4.78, 5) is 15.1. The van der Waals surface area contributed by atoms with Crippen LogP contribution in [0.25, 0.3) is 22.2 Å². The molecule has 1 N–H and O–H groups in total. The zero-order chi connectivity index (χ0) is 18.1. The Bertz CT molecular complexity index is 1080. The number of esters is 1. The second-order valence-corrected chi connectivity index (χ2v) is 6.41. The summed E-state index contributed by atoms with van der Waals surface area (Å²) in [7, 11) is 1.33. The molecule has 0 saturated heterocycles. The lowest BCUT2D eigenvalue weighted by atomic mass is 10.0. The number of hydrogen-bond donors (Lipinski definition) is 1. The Morgan fingerprint density at radius 2 is 1.92 bits per heavy atom. The van der Waals surface area contributed by atoms with Crippen molar-refractivity contribution in [3.8, 4) is 11.3 Å². The number of furan rings is 1. The van der Waals surface area contributed by atoms with Crippen LogP contribution in [0.5, 0.6) is 0 Å². The van der Waals surface area contributed by atoms with E-state index in [2.05, 4.69) is 17.1 Å². The summed E-state index contributed by atoms with van der Waals surface area (Å²) in [6.45, 7) is 0. The molecule has 0 unspecified atom stereocenters. The zero-order valence-electron chi connectivity index (χ0n) is 14.1. The average molecular weight is 366 g/mol. The molecule has 5 heteroatoms. The highest BCUT2D eigenvalue weighted by Crippen LogP contribution is 2.33. The first-order valence-electron chi connectivity index (χ1n) is 8.18. The molecular weight excluding hydrogens is 350 g/mol. The summed E-state index contributed by atoms with van der Waals surface area (Å²) < 4.78 is 10.4. The van der Waals surface area contributed by atoms with Crippen LogP contribution < -0.4 is 0 Å². The Hall–Kier alpha value is -2.98. The van der Waals surface area contributed by atoms with Crippen LogP contribution in [0.3, 0.4) is 0 Å². The lowest BCUT2D eigenvalue weighted by molar-refractivity contribution is 0.0563. The molecule has 0 bridgehead atoms. The maximum Gasteiger partial charge on any atom is 0.373 e. The van der Waals surface area contributed by atoms with E-state index in [4.69, 9.17) is 20.8 Å². The highest BCUT2D eigenvalue weighted by atomic mass is 35.5. The fourth-order valence-electron chi connectivity index (χ4n) is 3.12. The molecule has 0 spiro atoms. The SMILES string of the molecule is COC(=O)c1ccc(Cc2c(-c3ccccc3)[nH]c3cc(Cl)ccc23)o1. The molecule has 0 aliphatic heterocycles. The van der Waals surface area contributed by atoms with Crippen LogP contribution in [0.15, 0.2) is 65.1 Å². The Balaban J connectivity index is 1.82. The first kappa shape index (κ1) is 16.5. The van der Waals surface area contributed by atoms with Gasteiger partial charge in [0.15, 0.2) is 0 Å². The van der Waals surface area contributed by atoms with E-state index >= 15 is 0 Å². The van der Waals surface area contributed by atoms with E-state index in [-0.39, 0.29) is 5.76 Å². The van der Waals surface area contributed by atoms with E-state index in [9.17, 15) is 4.79 Å². The molecular formula is C21H16ClNO3. The van der Waals surface area contributed by atoms with E-state index in [0.717, 1.165) is 27.7 Å². The monoisotopic (exact) mass is 365 g/mol. The van der Waals surface area contributed by atoms with Gasteiger partial charge in [-0.1, -0.05) is 48.0 Å². The highest BCUT2D eigenvalue weighted by molar-refractivity contribution is 6.31. The predicted molar refractivity (Wildman–Crippen MR) is 102 cm³/mol. The van der Waals surface area contributed by atoms with E-state index in [1.165, 1.54) is 7.11 Å². The number of H-pyrrole nitrogens is 1. The Morgan fingerprint density at radius 3 is 2.69 bits per heavy atom. The first-order valence-corrected chi connectivity index (χ1v) is 8.56. The van der Waals surface area contributed by atoms with E-state index in [0.29, 0.717) is 17.2 Å². The molecule has 0 atom stereocenters. The van der Waals surface area contributed by atoms with Gasteiger partial charge in [-0.25, -0.2) is 4.79 Å². The van der Waals surface area contributed by atoms with Gasteiger partial charge < -0.3 is 14.1 Å². The number of aromatic nitrogens is 1. The van der Waals surface area contributed by atoms with Gasteiger partial charge in [0.05, 0.1) is 12.8 Å². The van der Waals surface area contributed by atoms with Crippen molar-refractivity contribution in [3.63, 3.8) is 0 Å². The van der Waals surface area contributed by atoms with Crippen molar-refractivity contribution in [3.05, 3.63) is 82.8 Å². The fourth-order valence-corrected chi connectivity index (χ4v) is 3.29. The minimum atomic E-state index is -0.481. The number of nitrogens with one attached hydrogen (secondary N) is 1. The molecule has 4 rings (SSSR count). The van der Waals surface area contributed by atoms with E-state index in [1.54, 1.807) is 12.1 Å². The number of ether oxygens (including phenoxy) is 1. The normalized spacial score (nSPS) is 11.0. The molecule has 130 valence electrons. The van der Waals surface area contributed by atoms with Crippen LogP contribution in [-0.4, -0.2) is 18.1 Å². The molecule has 0 aliphatic carbocycles. The Labute approximate surface area is 155 Å². The summed E-state index contributed by atoms with van der Waals surface area (Å²) in [6, 6.07) is 19.3. The molecule has 0 saturated carbocycles. The molecule has 2 aromatic carbocycles. The number of benzene rings is 2. The smallest absolute Gasteiger partial charge is 0.373 e. The third-order valence-electron chi connectivity index (χ3n) is 4.33. The molecule has 0 amide bonds. The minimum absolute atomic E-state index is 0.201. The number of carbonyl (C=O) groups excluding carboxylic acids is 1. The van der Waals surface area contributed by atoms with Gasteiger partial charge in [0.2, 0.25) is 5.76 Å². The van der Waals surface area contributed by atoms with Crippen LogP contribution >= 0.6 is 11.6 Å². The van der Waals surface area contributed by atoms with Gasteiger partial charge >= 0.3 is 5.97 Å². The largest absolute Gasteiger partial charge is 0.463 e. The minimum Gasteiger partial charge on any atom is -0.463 e. The molecule has 4 aromatic rings. The number of aromatic amines is 1. The second kappa shape index (κ2) is 6.73. The fraction of sp³-hybridized carbons (Fsp3) is 0.0952. The number of methoxy groups -OCH3 is 1. The van der Waals surface area contributed by atoms with Gasteiger partial charge in [-0.3, -0.25) is 0 Å². The highest BCUT2D eigenvalue weighted by Gasteiger charge is 2.17. The Morgan fingerprint density at radius 1 is 1.12 bits per heavy atom. The van der Waals surface area contributed by atoms with Crippen molar-refractivity contribution in [1.82, 2.24) is 4.98 Å². The van der Waals surface area contributed by atoms with Crippen LogP contribution in [0.1, 0.15) is 21.9 Å². The molecule has 0 radical (unpaired) electrons. The third-order valence-corrected chi connectivity index (χ3v) is 4.56. The summed E-state index contributed by atoms with van der Waals surface area (Å²) >= 11 is 6.15. The summed E-state index contributed by atoms with van der Waals surface area (Å²) in [5, 5.41) is 1.75. The summed E-state index contributed by atoms with van der Waals surface area (Å²) in [5.41, 5.74) is 4.15. The van der Waals surface area contributed by atoms with Crippen molar-refractivity contribution in [1.29, 1.82) is 0 Å². The van der Waals surface area contributed by atoms with Crippen molar-refractivity contribution < 1.29 is 13.9 Å². The summed E-state index contributed by atoms with van der Waals surface area (Å²) in [5.74, 6) is 0.412. The predicted octanol–water partition coefficient (Wildman–Crippen LogP) is 5.46. The number of rotatable bonds is 4. The van der Waals surface area contributed by atoms with E-state index < -0.39 is 5.97 Å². The topological polar surface area (TPSA) is 55.2 Å². The number of fused-ring (bicyclic) bond motifs is 1. The number of carbonyl (C=O) groups is 1. The first-order chi connectivity index (χ1) is 12.7. The van der Waals surface area contributed by atoms with Gasteiger partial charge in [-0.15, -0.1) is 0 Å². The van der Waals surface area contributed by atoms with Gasteiger partial charge in [-0.2, -0.15) is 0 Å². The van der Waals surface area contributed by atoms with Gasteiger partial charge in [0.1, 0.15) is 5.76 Å². The standard InChI is InChI=1S/C21H16ClNO3/c1-25-21(24)19-10-8-15(26-19)12-17-16-9-7-14(22)11-18(16)23-20(17)13-5-3-2-4-6-13/h2-11,23H,12H2,1H3. The molecule has 2 heterocycles. The number of halogens is 1. The quantitative estimate of drug-likeness (QED) is 0.488. The van der Waals surface area contributed by atoms with Crippen molar-refractivity contribution in [2.75, 3.05) is 7.11 Å². The average Bonchev–Trinajstić information content (AvgIpc) is 3.27. The lowest BCUT2D eigenvalue weighted by Crippen LogP contribution is -1.98. The maximum atomic E-state index is 11.6. The third kappa shape index (κ3) is 3.00. The van der Waals surface area contributed by atoms with Crippen LogP contribution in [0.2, 0.25) is 5.02 Å². The molecule has 26 heavy (non-hydrogen) atoms. The second-order valence-electron chi connectivity index (χ2n) is 5.97. The Kier molecular flexibility index (Phi) is 4.27. The lowest BCUT2D eigenvalue weighted by Gasteiger charge is -2.04.